The molecule has 0 saturated carbocycles. The fraction of sp³-hybridized carbons (Fsp3) is 0.160. The Balaban J connectivity index is 1.33. The quantitative estimate of drug-likeness (QED) is 0.353. The van der Waals surface area contributed by atoms with Gasteiger partial charge in [-0.1, -0.05) is 23.7 Å². The summed E-state index contributed by atoms with van der Waals surface area (Å²) in [6.45, 7) is 2.60. The van der Waals surface area contributed by atoms with Crippen molar-refractivity contribution in [1.29, 1.82) is 0 Å². The summed E-state index contributed by atoms with van der Waals surface area (Å²) in [7, 11) is 1.32. The number of nitrogens with one attached hydrogen (secondary N) is 1. The molecule has 1 amide bonds. The van der Waals surface area contributed by atoms with Crippen molar-refractivity contribution in [2.75, 3.05) is 12.4 Å². The summed E-state index contributed by atoms with van der Waals surface area (Å²) in [5, 5.41) is 7.88. The van der Waals surface area contributed by atoms with Crippen LogP contribution in [0.3, 0.4) is 0 Å². The lowest BCUT2D eigenvalue weighted by Gasteiger charge is -2.05. The summed E-state index contributed by atoms with van der Waals surface area (Å²) in [6, 6.07) is 19.1. The fourth-order valence-corrected chi connectivity index (χ4v) is 3.34. The predicted octanol–water partition coefficient (Wildman–Crippen LogP) is 5.10. The summed E-state index contributed by atoms with van der Waals surface area (Å²) in [5.74, 6) is 0.771. The van der Waals surface area contributed by atoms with Crippen molar-refractivity contribution in [2.45, 2.75) is 20.1 Å². The molecule has 0 aliphatic carbocycles. The van der Waals surface area contributed by atoms with Gasteiger partial charge in [0.25, 0.3) is 5.91 Å². The van der Waals surface area contributed by atoms with Crippen LogP contribution in [0.15, 0.2) is 71.1 Å². The summed E-state index contributed by atoms with van der Waals surface area (Å²) < 4.78 is 17.7. The molecule has 0 saturated heterocycles. The zero-order valence-corrected chi connectivity index (χ0v) is 19.3. The molecule has 2 heterocycles. The minimum atomic E-state index is -0.418. The van der Waals surface area contributed by atoms with Crippen molar-refractivity contribution in [2.24, 2.45) is 0 Å². The summed E-state index contributed by atoms with van der Waals surface area (Å²) in [5.41, 5.74) is 2.37. The SMILES string of the molecule is COC(=O)c1ccc(OCc2ccc(C(=O)Nc3cc(C)n(Cc4ccc(Cl)cc4)n3)o2)cc1. The number of furan rings is 1. The number of aryl methyl sites for hydroxylation is 1. The number of esters is 1. The largest absolute Gasteiger partial charge is 0.486 e. The predicted molar refractivity (Wildman–Crippen MR) is 126 cm³/mol. The topological polar surface area (TPSA) is 95.6 Å². The minimum Gasteiger partial charge on any atom is -0.486 e. The van der Waals surface area contributed by atoms with E-state index < -0.39 is 11.9 Å². The molecule has 0 atom stereocenters. The molecular weight excluding hydrogens is 458 g/mol. The molecular formula is C25H22ClN3O5. The highest BCUT2D eigenvalue weighted by Gasteiger charge is 2.15. The summed E-state index contributed by atoms with van der Waals surface area (Å²) >= 11 is 5.94. The molecule has 9 heteroatoms. The Bertz CT molecular complexity index is 1290. The Labute approximate surface area is 201 Å². The molecule has 0 aliphatic heterocycles. The molecule has 2 aromatic heterocycles. The van der Waals surface area contributed by atoms with Gasteiger partial charge >= 0.3 is 5.97 Å². The van der Waals surface area contributed by atoms with Gasteiger partial charge in [0.1, 0.15) is 18.1 Å². The van der Waals surface area contributed by atoms with Crippen LogP contribution in [-0.2, 0) is 17.9 Å². The van der Waals surface area contributed by atoms with E-state index in [1.807, 2.05) is 31.2 Å². The lowest BCUT2D eigenvalue weighted by atomic mass is 10.2. The number of nitrogens with zero attached hydrogens (tertiary/aromatic N) is 2. The Morgan fingerprint density at radius 2 is 1.79 bits per heavy atom. The molecule has 4 aromatic rings. The number of carbonyl (C=O) groups is 2. The van der Waals surface area contributed by atoms with E-state index in [0.29, 0.717) is 34.5 Å². The van der Waals surface area contributed by atoms with Gasteiger partial charge in [0.2, 0.25) is 0 Å². The van der Waals surface area contributed by atoms with E-state index in [-0.39, 0.29) is 12.4 Å². The first kappa shape index (κ1) is 23.1. The van der Waals surface area contributed by atoms with Crippen molar-refractivity contribution in [1.82, 2.24) is 9.78 Å². The third-order valence-electron chi connectivity index (χ3n) is 5.01. The van der Waals surface area contributed by atoms with Crippen LogP contribution in [0.1, 0.15) is 37.9 Å². The summed E-state index contributed by atoms with van der Waals surface area (Å²) in [4.78, 5) is 24.1. The number of aromatic nitrogens is 2. The second-order valence-corrected chi connectivity index (χ2v) is 7.92. The number of anilines is 1. The van der Waals surface area contributed by atoms with Crippen LogP contribution in [0.4, 0.5) is 5.82 Å². The van der Waals surface area contributed by atoms with Gasteiger partial charge in [-0.05, 0) is 61.0 Å². The van der Waals surface area contributed by atoms with Gasteiger partial charge < -0.3 is 19.2 Å². The third-order valence-corrected chi connectivity index (χ3v) is 5.26. The zero-order chi connectivity index (χ0) is 24.1. The second-order valence-electron chi connectivity index (χ2n) is 7.48. The van der Waals surface area contributed by atoms with Crippen molar-refractivity contribution < 1.29 is 23.5 Å². The molecule has 4 rings (SSSR count). The van der Waals surface area contributed by atoms with Crippen LogP contribution in [0, 0.1) is 6.92 Å². The molecule has 2 aromatic carbocycles. The van der Waals surface area contributed by atoms with Crippen LogP contribution < -0.4 is 10.1 Å². The number of hydrogen-bond donors (Lipinski definition) is 1. The average molecular weight is 480 g/mol. The first-order valence-electron chi connectivity index (χ1n) is 10.4. The molecule has 0 radical (unpaired) electrons. The van der Waals surface area contributed by atoms with Crippen LogP contribution in [0.5, 0.6) is 5.75 Å². The zero-order valence-electron chi connectivity index (χ0n) is 18.6. The van der Waals surface area contributed by atoms with Crippen molar-refractivity contribution in [3.63, 3.8) is 0 Å². The molecule has 34 heavy (non-hydrogen) atoms. The third kappa shape index (κ3) is 5.65. The standard InChI is InChI=1S/C25H22ClN3O5/c1-16-13-23(28-29(16)14-17-3-7-19(26)8-4-17)27-24(30)22-12-11-21(34-22)15-33-20-9-5-18(6-10-20)25(31)32-2/h3-13H,14-15H2,1-2H3,(H,27,28,30). The molecule has 0 aliphatic rings. The van der Waals surface area contributed by atoms with Gasteiger partial charge in [0.05, 0.1) is 19.2 Å². The van der Waals surface area contributed by atoms with Crippen LogP contribution in [0.2, 0.25) is 5.02 Å². The average Bonchev–Trinajstić information content (AvgIpc) is 3.45. The number of halogens is 1. The highest BCUT2D eigenvalue weighted by atomic mass is 35.5. The molecule has 0 bridgehead atoms. The highest BCUT2D eigenvalue weighted by molar-refractivity contribution is 6.30. The number of amides is 1. The smallest absolute Gasteiger partial charge is 0.337 e. The molecule has 0 spiro atoms. The number of ether oxygens (including phenoxy) is 2. The lowest BCUT2D eigenvalue weighted by molar-refractivity contribution is 0.0600. The number of hydrogen-bond acceptors (Lipinski definition) is 6. The maximum atomic E-state index is 12.6. The lowest BCUT2D eigenvalue weighted by Crippen LogP contribution is -2.12. The molecule has 0 unspecified atom stereocenters. The Kier molecular flexibility index (Phi) is 6.98. The van der Waals surface area contributed by atoms with Crippen LogP contribution >= 0.6 is 11.6 Å². The Hall–Kier alpha value is -4.04. The maximum Gasteiger partial charge on any atom is 0.337 e. The molecule has 1 N–H and O–H groups in total. The van der Waals surface area contributed by atoms with Gasteiger partial charge in [0, 0.05) is 16.8 Å². The van der Waals surface area contributed by atoms with Gasteiger partial charge in [-0.3, -0.25) is 9.48 Å². The highest BCUT2D eigenvalue weighted by Crippen LogP contribution is 2.18. The van der Waals surface area contributed by atoms with Crippen LogP contribution in [0.25, 0.3) is 0 Å². The number of benzene rings is 2. The van der Waals surface area contributed by atoms with E-state index in [9.17, 15) is 9.59 Å². The van der Waals surface area contributed by atoms with Crippen molar-refractivity contribution >= 4 is 29.3 Å². The normalized spacial score (nSPS) is 10.7. The fourth-order valence-electron chi connectivity index (χ4n) is 3.21. The molecule has 0 fully saturated rings. The summed E-state index contributed by atoms with van der Waals surface area (Å²) in [6.07, 6.45) is 0. The van der Waals surface area contributed by atoms with Crippen LogP contribution in [-0.4, -0.2) is 28.8 Å². The van der Waals surface area contributed by atoms with Gasteiger partial charge in [-0.2, -0.15) is 5.10 Å². The van der Waals surface area contributed by atoms with E-state index in [1.54, 1.807) is 47.1 Å². The van der Waals surface area contributed by atoms with Crippen molar-refractivity contribution in [3.8, 4) is 5.75 Å². The Morgan fingerprint density at radius 1 is 1.06 bits per heavy atom. The Morgan fingerprint density at radius 3 is 2.50 bits per heavy atom. The van der Waals surface area contributed by atoms with E-state index in [2.05, 4.69) is 15.2 Å². The van der Waals surface area contributed by atoms with E-state index >= 15 is 0 Å². The first-order chi connectivity index (χ1) is 16.4. The van der Waals surface area contributed by atoms with Gasteiger partial charge in [-0.15, -0.1) is 0 Å². The minimum absolute atomic E-state index is 0.125. The number of rotatable bonds is 8. The second kappa shape index (κ2) is 10.3. The first-order valence-corrected chi connectivity index (χ1v) is 10.8. The van der Waals surface area contributed by atoms with E-state index in [1.165, 1.54) is 7.11 Å². The van der Waals surface area contributed by atoms with Gasteiger partial charge in [0.15, 0.2) is 11.6 Å². The van der Waals surface area contributed by atoms with E-state index in [0.717, 1.165) is 11.3 Å². The number of carbonyl (C=O) groups excluding carboxylic acids is 2. The number of methoxy groups -OCH3 is 1. The molecule has 174 valence electrons. The monoisotopic (exact) mass is 479 g/mol. The molecule has 8 nitrogen and oxygen atoms in total. The van der Waals surface area contributed by atoms with Gasteiger partial charge in [-0.25, -0.2) is 4.79 Å². The van der Waals surface area contributed by atoms with Crippen molar-refractivity contribution in [3.05, 3.63) is 100 Å². The van der Waals surface area contributed by atoms with E-state index in [4.69, 9.17) is 20.8 Å². The maximum absolute atomic E-state index is 12.6.